The van der Waals surface area contributed by atoms with Crippen LogP contribution in [0.2, 0.25) is 0 Å². The van der Waals surface area contributed by atoms with Crippen LogP contribution in [0.15, 0.2) is 54.7 Å². The molecule has 4 nitrogen and oxygen atoms in total. The normalized spacial score (nSPS) is 10.6. The van der Waals surface area contributed by atoms with Gasteiger partial charge < -0.3 is 10.1 Å². The van der Waals surface area contributed by atoms with Gasteiger partial charge in [-0.25, -0.2) is 4.79 Å². The molecule has 22 heavy (non-hydrogen) atoms. The SMILES string of the molecule is Cc1cc(C=CCCNC(=O)OCc2ccccc2)ccn1. The first-order chi connectivity index (χ1) is 10.7. The van der Waals surface area contributed by atoms with Crippen molar-refractivity contribution in [1.29, 1.82) is 0 Å². The molecule has 114 valence electrons. The van der Waals surface area contributed by atoms with Crippen LogP contribution in [-0.4, -0.2) is 17.6 Å². The lowest BCUT2D eigenvalue weighted by atomic mass is 10.2. The first-order valence-corrected chi connectivity index (χ1v) is 7.28. The fraction of sp³-hybridized carbons (Fsp3) is 0.222. The van der Waals surface area contributed by atoms with Crippen molar-refractivity contribution in [2.24, 2.45) is 0 Å². The Labute approximate surface area is 130 Å². The minimum atomic E-state index is -0.392. The second-order valence-corrected chi connectivity index (χ2v) is 4.91. The molecule has 0 aliphatic rings. The van der Waals surface area contributed by atoms with Crippen molar-refractivity contribution in [3.8, 4) is 0 Å². The number of pyridine rings is 1. The number of nitrogens with one attached hydrogen (secondary N) is 1. The maximum Gasteiger partial charge on any atom is 0.407 e. The number of carbonyl (C=O) groups is 1. The van der Waals surface area contributed by atoms with Crippen molar-refractivity contribution >= 4 is 12.2 Å². The number of nitrogens with zero attached hydrogens (tertiary/aromatic N) is 1. The molecule has 0 aliphatic carbocycles. The lowest BCUT2D eigenvalue weighted by Crippen LogP contribution is -2.24. The van der Waals surface area contributed by atoms with Gasteiger partial charge in [0.05, 0.1) is 0 Å². The number of carbonyl (C=O) groups excluding carboxylic acids is 1. The third-order valence-electron chi connectivity index (χ3n) is 3.02. The molecule has 0 aliphatic heterocycles. The van der Waals surface area contributed by atoms with Crippen LogP contribution >= 0.6 is 0 Å². The lowest BCUT2D eigenvalue weighted by Gasteiger charge is -2.05. The maximum absolute atomic E-state index is 11.5. The quantitative estimate of drug-likeness (QED) is 0.827. The highest BCUT2D eigenvalue weighted by molar-refractivity contribution is 5.67. The van der Waals surface area contributed by atoms with Gasteiger partial charge in [0.25, 0.3) is 0 Å². The smallest absolute Gasteiger partial charge is 0.407 e. The van der Waals surface area contributed by atoms with Crippen molar-refractivity contribution in [3.05, 3.63) is 71.6 Å². The van der Waals surface area contributed by atoms with E-state index in [1.54, 1.807) is 6.20 Å². The van der Waals surface area contributed by atoms with E-state index in [2.05, 4.69) is 10.3 Å². The van der Waals surface area contributed by atoms with E-state index < -0.39 is 6.09 Å². The van der Waals surface area contributed by atoms with Crippen LogP contribution in [0.4, 0.5) is 4.79 Å². The summed E-state index contributed by atoms with van der Waals surface area (Å²) < 4.78 is 5.13. The minimum Gasteiger partial charge on any atom is -0.445 e. The van der Waals surface area contributed by atoms with Gasteiger partial charge in [-0.1, -0.05) is 42.5 Å². The van der Waals surface area contributed by atoms with Crippen molar-refractivity contribution in [2.45, 2.75) is 20.0 Å². The Morgan fingerprint density at radius 3 is 2.86 bits per heavy atom. The van der Waals surface area contributed by atoms with Crippen molar-refractivity contribution in [2.75, 3.05) is 6.54 Å². The van der Waals surface area contributed by atoms with Gasteiger partial charge in [0.2, 0.25) is 0 Å². The number of rotatable bonds is 6. The topological polar surface area (TPSA) is 51.2 Å². The summed E-state index contributed by atoms with van der Waals surface area (Å²) in [5.41, 5.74) is 3.08. The first kappa shape index (κ1) is 15.8. The van der Waals surface area contributed by atoms with Gasteiger partial charge in [0.1, 0.15) is 6.61 Å². The van der Waals surface area contributed by atoms with Crippen LogP contribution in [0, 0.1) is 6.92 Å². The average molecular weight is 296 g/mol. The lowest BCUT2D eigenvalue weighted by molar-refractivity contribution is 0.140. The zero-order chi connectivity index (χ0) is 15.6. The molecule has 4 heteroatoms. The second-order valence-electron chi connectivity index (χ2n) is 4.91. The van der Waals surface area contributed by atoms with E-state index in [1.165, 1.54) is 0 Å². The van der Waals surface area contributed by atoms with E-state index in [0.29, 0.717) is 13.2 Å². The van der Waals surface area contributed by atoms with Crippen LogP contribution in [0.25, 0.3) is 6.08 Å². The largest absolute Gasteiger partial charge is 0.445 e. The Kier molecular flexibility index (Phi) is 6.18. The summed E-state index contributed by atoms with van der Waals surface area (Å²) in [7, 11) is 0. The molecule has 0 radical (unpaired) electrons. The molecule has 0 spiro atoms. The second kappa shape index (κ2) is 8.62. The molecular weight excluding hydrogens is 276 g/mol. The van der Waals surface area contributed by atoms with E-state index in [4.69, 9.17) is 4.74 Å². The van der Waals surface area contributed by atoms with Gasteiger partial charge in [0.15, 0.2) is 0 Å². The van der Waals surface area contributed by atoms with Crippen LogP contribution in [-0.2, 0) is 11.3 Å². The summed E-state index contributed by atoms with van der Waals surface area (Å²) in [4.78, 5) is 15.7. The Hall–Kier alpha value is -2.62. The summed E-state index contributed by atoms with van der Waals surface area (Å²) in [6.07, 6.45) is 6.19. The van der Waals surface area contributed by atoms with Crippen molar-refractivity contribution < 1.29 is 9.53 Å². The molecule has 0 atom stereocenters. The number of hydrogen-bond donors (Lipinski definition) is 1. The Balaban J connectivity index is 1.63. The fourth-order valence-electron chi connectivity index (χ4n) is 1.92. The van der Waals surface area contributed by atoms with Gasteiger partial charge in [0, 0.05) is 18.4 Å². The summed E-state index contributed by atoms with van der Waals surface area (Å²) in [6, 6.07) is 13.6. The van der Waals surface area contributed by atoms with Crippen molar-refractivity contribution in [1.82, 2.24) is 10.3 Å². The Morgan fingerprint density at radius 2 is 2.09 bits per heavy atom. The zero-order valence-electron chi connectivity index (χ0n) is 12.7. The molecule has 0 saturated carbocycles. The van der Waals surface area contributed by atoms with Gasteiger partial charge in [-0.05, 0) is 36.6 Å². The molecule has 2 aromatic rings. The monoisotopic (exact) mass is 296 g/mol. The number of ether oxygens (including phenoxy) is 1. The summed E-state index contributed by atoms with van der Waals surface area (Å²) in [5.74, 6) is 0. The van der Waals surface area contributed by atoms with E-state index in [1.807, 2.05) is 61.5 Å². The number of aryl methyl sites for hydroxylation is 1. The maximum atomic E-state index is 11.5. The number of hydrogen-bond acceptors (Lipinski definition) is 3. The highest BCUT2D eigenvalue weighted by Crippen LogP contribution is 2.03. The predicted molar refractivity (Wildman–Crippen MR) is 87.3 cm³/mol. The Morgan fingerprint density at radius 1 is 1.27 bits per heavy atom. The molecule has 2 rings (SSSR count). The number of amides is 1. The van der Waals surface area contributed by atoms with Crippen LogP contribution in [0.5, 0.6) is 0 Å². The predicted octanol–water partition coefficient (Wildman–Crippen LogP) is 3.72. The van der Waals surface area contributed by atoms with E-state index >= 15 is 0 Å². The average Bonchev–Trinajstić information content (AvgIpc) is 2.54. The third-order valence-corrected chi connectivity index (χ3v) is 3.02. The van der Waals surface area contributed by atoms with Gasteiger partial charge in [-0.2, -0.15) is 0 Å². The highest BCUT2D eigenvalue weighted by Gasteiger charge is 2.00. The molecule has 0 saturated heterocycles. The fourth-order valence-corrected chi connectivity index (χ4v) is 1.92. The van der Waals surface area contributed by atoms with Crippen LogP contribution < -0.4 is 5.32 Å². The number of aromatic nitrogens is 1. The summed E-state index contributed by atoms with van der Waals surface area (Å²) in [5, 5.41) is 2.73. The van der Waals surface area contributed by atoms with Gasteiger partial charge >= 0.3 is 6.09 Å². The molecule has 0 fully saturated rings. The van der Waals surface area contributed by atoms with Crippen molar-refractivity contribution in [3.63, 3.8) is 0 Å². The molecular formula is C18H20N2O2. The van der Waals surface area contributed by atoms with E-state index in [9.17, 15) is 4.79 Å². The molecule has 1 aromatic heterocycles. The minimum absolute atomic E-state index is 0.290. The molecule has 1 heterocycles. The molecule has 0 unspecified atom stereocenters. The van der Waals surface area contributed by atoms with Crippen LogP contribution in [0.3, 0.4) is 0 Å². The summed E-state index contributed by atoms with van der Waals surface area (Å²) in [6.45, 7) is 2.80. The number of alkyl carbamates (subject to hydrolysis) is 1. The van der Waals surface area contributed by atoms with Gasteiger partial charge in [-0.3, -0.25) is 4.98 Å². The first-order valence-electron chi connectivity index (χ1n) is 7.28. The van der Waals surface area contributed by atoms with E-state index in [-0.39, 0.29) is 0 Å². The van der Waals surface area contributed by atoms with Crippen LogP contribution in [0.1, 0.15) is 23.2 Å². The Bertz CT molecular complexity index is 624. The number of benzene rings is 1. The summed E-state index contributed by atoms with van der Waals surface area (Å²) >= 11 is 0. The molecule has 0 bridgehead atoms. The third kappa shape index (κ3) is 5.79. The zero-order valence-corrected chi connectivity index (χ0v) is 12.7. The molecule has 1 amide bonds. The molecule has 1 N–H and O–H groups in total. The van der Waals surface area contributed by atoms with Gasteiger partial charge in [-0.15, -0.1) is 0 Å². The van der Waals surface area contributed by atoms with E-state index in [0.717, 1.165) is 23.2 Å². The highest BCUT2D eigenvalue weighted by atomic mass is 16.5. The molecule has 1 aromatic carbocycles. The standard InChI is InChI=1S/C18H20N2O2/c1-15-13-16(10-12-19-15)7-5-6-11-20-18(21)22-14-17-8-3-2-4-9-17/h2-5,7-10,12-13H,6,11,14H2,1H3,(H,20,21).